The third kappa shape index (κ3) is 1.43. The van der Waals surface area contributed by atoms with E-state index in [1.807, 2.05) is 6.92 Å². The minimum Gasteiger partial charge on any atom is -0.286 e. The number of hydrogen-bond donors (Lipinski definition) is 1. The van der Waals surface area contributed by atoms with Crippen LogP contribution in [0.25, 0.3) is 0 Å². The van der Waals surface area contributed by atoms with Gasteiger partial charge in [-0.05, 0) is 29.5 Å². The van der Waals surface area contributed by atoms with Crippen LogP contribution in [-0.2, 0) is 0 Å². The predicted octanol–water partition coefficient (Wildman–Crippen LogP) is 0.755. The van der Waals surface area contributed by atoms with Crippen LogP contribution in [0.3, 0.4) is 0 Å². The van der Waals surface area contributed by atoms with E-state index < -0.39 is 0 Å². The van der Waals surface area contributed by atoms with Gasteiger partial charge >= 0.3 is 0 Å². The van der Waals surface area contributed by atoms with Crippen molar-refractivity contribution in [2.45, 2.75) is 13.1 Å². The number of hydrogen-bond acceptors (Lipinski definition) is 3. The summed E-state index contributed by atoms with van der Waals surface area (Å²) in [5.74, 6) is 0. The van der Waals surface area contributed by atoms with Crippen LogP contribution < -0.4 is 5.43 Å². The van der Waals surface area contributed by atoms with Crippen LogP contribution in [0.5, 0.6) is 0 Å². The third-order valence-corrected chi connectivity index (χ3v) is 1.31. The number of nitrogens with one attached hydrogen (secondary N) is 1. The minimum atomic E-state index is 0.145. The molecule has 1 rings (SSSR count). The van der Waals surface area contributed by atoms with Gasteiger partial charge in [-0.1, -0.05) is 0 Å². The van der Waals surface area contributed by atoms with E-state index in [4.69, 9.17) is 0 Å². The lowest BCUT2D eigenvalue weighted by Crippen LogP contribution is -2.23. The first-order valence-corrected chi connectivity index (χ1v) is 3.39. The average Bonchev–Trinajstić information content (AvgIpc) is 1.64. The molecular weight excluding hydrogens is 217 g/mol. The van der Waals surface area contributed by atoms with Gasteiger partial charge < -0.3 is 0 Å². The van der Waals surface area contributed by atoms with E-state index in [2.05, 4.69) is 38.1 Å². The number of halogens is 1. The van der Waals surface area contributed by atoms with Gasteiger partial charge in [-0.3, -0.25) is 10.4 Å². The van der Waals surface area contributed by atoms with Crippen LogP contribution in [0.4, 0.5) is 0 Å². The Hall–Kier alpha value is -0.130. The Morgan fingerprint density at radius 1 is 1.88 bits per heavy atom. The Bertz CT molecular complexity index is 140. The number of nitrogens with zero attached hydrogens (tertiary/aromatic N) is 2. The summed E-state index contributed by atoms with van der Waals surface area (Å²) in [5.41, 5.74) is 2.79. The second kappa shape index (κ2) is 2.43. The highest BCUT2D eigenvalue weighted by Crippen LogP contribution is 1.95. The summed E-state index contributed by atoms with van der Waals surface area (Å²) >= 11 is 2.13. The van der Waals surface area contributed by atoms with E-state index in [0.29, 0.717) is 0 Å². The predicted molar refractivity (Wildman–Crippen MR) is 42.5 cm³/mol. The van der Waals surface area contributed by atoms with Crippen LogP contribution in [0.2, 0.25) is 0 Å². The molecule has 1 heterocycles. The topological polar surface area (TPSA) is 36.8 Å². The molecule has 0 bridgehead atoms. The van der Waals surface area contributed by atoms with Gasteiger partial charge in [0.05, 0.1) is 6.21 Å². The van der Waals surface area contributed by atoms with Crippen molar-refractivity contribution < 1.29 is 0 Å². The molecule has 3 nitrogen and oxygen atoms in total. The molecule has 0 saturated carbocycles. The Balaban J connectivity index is 2.63. The lowest BCUT2D eigenvalue weighted by Gasteiger charge is -2.08. The number of aliphatic imine (C=N–C) groups is 1. The van der Waals surface area contributed by atoms with Crippen molar-refractivity contribution in [2.75, 3.05) is 0 Å². The Labute approximate surface area is 61.4 Å². The maximum atomic E-state index is 4.13. The first kappa shape index (κ1) is 6.00. The molecule has 4 heteroatoms. The molecule has 44 valence electrons. The van der Waals surface area contributed by atoms with Crippen molar-refractivity contribution in [3.05, 3.63) is 0 Å². The molecule has 1 aliphatic rings. The van der Waals surface area contributed by atoms with Crippen molar-refractivity contribution in [1.82, 2.24) is 5.43 Å². The van der Waals surface area contributed by atoms with Gasteiger partial charge in [0, 0.05) is 0 Å². The molecule has 0 fully saturated rings. The maximum Gasteiger partial charge on any atom is 0.132 e. The molecule has 0 amide bonds. The Morgan fingerprint density at radius 2 is 2.62 bits per heavy atom. The SMILES string of the molecule is CC1N=C(I)C=NN1. The highest BCUT2D eigenvalue weighted by atomic mass is 127. The maximum absolute atomic E-state index is 4.13. The largest absolute Gasteiger partial charge is 0.286 e. The van der Waals surface area contributed by atoms with Crippen molar-refractivity contribution in [3.8, 4) is 0 Å². The van der Waals surface area contributed by atoms with Crippen molar-refractivity contribution >= 4 is 32.5 Å². The fourth-order valence-corrected chi connectivity index (χ4v) is 1.00. The summed E-state index contributed by atoms with van der Waals surface area (Å²) in [6, 6.07) is 0. The fraction of sp³-hybridized carbons (Fsp3) is 0.500. The van der Waals surface area contributed by atoms with Crippen LogP contribution >= 0.6 is 22.6 Å². The van der Waals surface area contributed by atoms with Crippen molar-refractivity contribution in [3.63, 3.8) is 0 Å². The summed E-state index contributed by atoms with van der Waals surface area (Å²) in [7, 11) is 0. The molecule has 8 heavy (non-hydrogen) atoms. The average molecular weight is 223 g/mol. The van der Waals surface area contributed by atoms with E-state index >= 15 is 0 Å². The smallest absolute Gasteiger partial charge is 0.132 e. The first-order valence-electron chi connectivity index (χ1n) is 2.31. The quantitative estimate of drug-likeness (QED) is 0.604. The second-order valence-corrected chi connectivity index (χ2v) is 2.62. The fourth-order valence-electron chi connectivity index (χ4n) is 0.446. The normalized spacial score (nSPS) is 26.8. The van der Waals surface area contributed by atoms with Gasteiger partial charge in [0.15, 0.2) is 0 Å². The first-order chi connectivity index (χ1) is 3.79. The molecule has 0 aromatic carbocycles. The highest BCUT2D eigenvalue weighted by molar-refractivity contribution is 14.1. The van der Waals surface area contributed by atoms with Gasteiger partial charge in [-0.25, -0.2) is 0 Å². The van der Waals surface area contributed by atoms with Gasteiger partial charge in [-0.2, -0.15) is 5.10 Å². The Morgan fingerprint density at radius 3 is 3.00 bits per heavy atom. The molecule has 0 spiro atoms. The van der Waals surface area contributed by atoms with Crippen molar-refractivity contribution in [1.29, 1.82) is 0 Å². The summed E-state index contributed by atoms with van der Waals surface area (Å²) < 4.78 is 0.953. The lowest BCUT2D eigenvalue weighted by molar-refractivity contribution is 0.597. The minimum absolute atomic E-state index is 0.145. The molecular formula is C4H6IN3. The van der Waals surface area contributed by atoms with Crippen LogP contribution in [0, 0.1) is 0 Å². The molecule has 0 aromatic heterocycles. The van der Waals surface area contributed by atoms with Crippen LogP contribution in [-0.4, -0.2) is 16.1 Å². The van der Waals surface area contributed by atoms with Gasteiger partial charge in [-0.15, -0.1) is 0 Å². The zero-order valence-electron chi connectivity index (χ0n) is 4.43. The van der Waals surface area contributed by atoms with Crippen molar-refractivity contribution in [2.24, 2.45) is 10.1 Å². The zero-order valence-corrected chi connectivity index (χ0v) is 6.58. The second-order valence-electron chi connectivity index (χ2n) is 1.52. The lowest BCUT2D eigenvalue weighted by atomic mass is 10.6. The van der Waals surface area contributed by atoms with Gasteiger partial charge in [0.1, 0.15) is 9.88 Å². The molecule has 0 radical (unpaired) electrons. The molecule has 0 aromatic rings. The molecule has 1 N–H and O–H groups in total. The zero-order chi connectivity index (χ0) is 5.98. The third-order valence-electron chi connectivity index (χ3n) is 0.749. The summed E-state index contributed by atoms with van der Waals surface area (Å²) in [6.45, 7) is 1.95. The number of rotatable bonds is 0. The van der Waals surface area contributed by atoms with E-state index in [1.165, 1.54) is 0 Å². The van der Waals surface area contributed by atoms with E-state index in [9.17, 15) is 0 Å². The molecule has 1 unspecified atom stereocenters. The monoisotopic (exact) mass is 223 g/mol. The van der Waals surface area contributed by atoms with E-state index in [0.717, 1.165) is 3.72 Å². The summed E-state index contributed by atoms with van der Waals surface area (Å²) in [6.07, 6.45) is 1.84. The molecule has 1 atom stereocenters. The molecule has 0 saturated heterocycles. The summed E-state index contributed by atoms with van der Waals surface area (Å²) in [5, 5.41) is 3.83. The molecule has 1 aliphatic heterocycles. The van der Waals surface area contributed by atoms with Crippen LogP contribution in [0.1, 0.15) is 6.92 Å². The van der Waals surface area contributed by atoms with Gasteiger partial charge in [0.2, 0.25) is 0 Å². The summed E-state index contributed by atoms with van der Waals surface area (Å²) in [4.78, 5) is 4.13. The number of hydrazone groups is 1. The van der Waals surface area contributed by atoms with E-state index in [1.54, 1.807) is 6.21 Å². The van der Waals surface area contributed by atoms with Crippen LogP contribution in [0.15, 0.2) is 10.1 Å². The Kier molecular flexibility index (Phi) is 1.82. The van der Waals surface area contributed by atoms with Gasteiger partial charge in [0.25, 0.3) is 0 Å². The molecule has 0 aliphatic carbocycles. The van der Waals surface area contributed by atoms with E-state index in [-0.39, 0.29) is 6.17 Å². The standard InChI is InChI=1S/C4H6IN3/c1-3-7-4(5)2-6-8-3/h2-3,8H,1H3. The highest BCUT2D eigenvalue weighted by Gasteiger charge is 1.99.